The van der Waals surface area contributed by atoms with E-state index in [0.717, 1.165) is 42.3 Å². The number of rotatable bonds is 8. The van der Waals surface area contributed by atoms with Gasteiger partial charge in [0.2, 0.25) is 0 Å². The number of aryl methyl sites for hydroxylation is 1. The average molecular weight is 282 g/mol. The standard InChI is InChI=1S/C14H22N2O2S/c1-4-7-12-11(14(17)18-6-3)9-15-13(16-12)10-19-8-5-2/h9H,4-8,10H2,1-3H3. The molecule has 0 bridgehead atoms. The van der Waals surface area contributed by atoms with Gasteiger partial charge in [-0.15, -0.1) is 0 Å². The highest BCUT2D eigenvalue weighted by Gasteiger charge is 2.15. The monoisotopic (exact) mass is 282 g/mol. The molecule has 0 aliphatic rings. The first-order valence-electron chi connectivity index (χ1n) is 6.82. The molecule has 1 aromatic heterocycles. The minimum Gasteiger partial charge on any atom is -0.462 e. The van der Waals surface area contributed by atoms with Gasteiger partial charge in [0.05, 0.1) is 23.6 Å². The number of carbonyl (C=O) groups is 1. The van der Waals surface area contributed by atoms with Gasteiger partial charge in [0.25, 0.3) is 0 Å². The van der Waals surface area contributed by atoms with Crippen LogP contribution in [0.3, 0.4) is 0 Å². The normalized spacial score (nSPS) is 10.5. The zero-order valence-electron chi connectivity index (χ0n) is 11.9. The first-order chi connectivity index (χ1) is 9.22. The molecule has 0 atom stereocenters. The van der Waals surface area contributed by atoms with Crippen LogP contribution in [0.4, 0.5) is 0 Å². The van der Waals surface area contributed by atoms with E-state index in [2.05, 4.69) is 23.8 Å². The maximum atomic E-state index is 11.8. The Morgan fingerprint density at radius 2 is 2.11 bits per heavy atom. The first kappa shape index (κ1) is 16.0. The molecular weight excluding hydrogens is 260 g/mol. The highest BCUT2D eigenvalue weighted by molar-refractivity contribution is 7.98. The van der Waals surface area contributed by atoms with Crippen molar-refractivity contribution in [3.05, 3.63) is 23.3 Å². The summed E-state index contributed by atoms with van der Waals surface area (Å²) in [5.74, 6) is 2.38. The summed E-state index contributed by atoms with van der Waals surface area (Å²) in [6, 6.07) is 0. The fourth-order valence-electron chi connectivity index (χ4n) is 1.64. The zero-order valence-corrected chi connectivity index (χ0v) is 12.8. The molecule has 5 heteroatoms. The fourth-order valence-corrected chi connectivity index (χ4v) is 2.40. The van der Waals surface area contributed by atoms with E-state index in [1.807, 2.05) is 11.8 Å². The van der Waals surface area contributed by atoms with Crippen LogP contribution >= 0.6 is 11.8 Å². The van der Waals surface area contributed by atoms with Gasteiger partial charge in [-0.1, -0.05) is 20.3 Å². The summed E-state index contributed by atoms with van der Waals surface area (Å²) in [5.41, 5.74) is 1.32. The van der Waals surface area contributed by atoms with Crippen LogP contribution in [0.5, 0.6) is 0 Å². The molecule has 1 rings (SSSR count). The van der Waals surface area contributed by atoms with Gasteiger partial charge in [0.1, 0.15) is 5.82 Å². The van der Waals surface area contributed by atoms with Gasteiger partial charge >= 0.3 is 5.97 Å². The fraction of sp³-hybridized carbons (Fsp3) is 0.643. The highest BCUT2D eigenvalue weighted by atomic mass is 32.2. The van der Waals surface area contributed by atoms with Crippen molar-refractivity contribution in [2.75, 3.05) is 12.4 Å². The molecule has 19 heavy (non-hydrogen) atoms. The van der Waals surface area contributed by atoms with Gasteiger partial charge in [0, 0.05) is 6.20 Å². The number of nitrogens with zero attached hydrogens (tertiary/aromatic N) is 2. The second kappa shape index (κ2) is 8.91. The van der Waals surface area contributed by atoms with Gasteiger partial charge in [0.15, 0.2) is 0 Å². The van der Waals surface area contributed by atoms with Gasteiger partial charge in [-0.3, -0.25) is 0 Å². The molecule has 4 nitrogen and oxygen atoms in total. The Morgan fingerprint density at radius 1 is 1.32 bits per heavy atom. The summed E-state index contributed by atoms with van der Waals surface area (Å²) in [6.45, 7) is 6.40. The third-order valence-corrected chi connectivity index (χ3v) is 3.64. The van der Waals surface area contributed by atoms with E-state index in [9.17, 15) is 4.79 Å². The molecule has 0 amide bonds. The quantitative estimate of drug-likeness (QED) is 0.541. The molecule has 0 fully saturated rings. The number of hydrogen-bond acceptors (Lipinski definition) is 5. The van der Waals surface area contributed by atoms with E-state index < -0.39 is 0 Å². The molecule has 0 saturated carbocycles. The van der Waals surface area contributed by atoms with E-state index in [0.29, 0.717) is 12.2 Å². The number of carbonyl (C=O) groups excluding carboxylic acids is 1. The maximum Gasteiger partial charge on any atom is 0.341 e. The highest BCUT2D eigenvalue weighted by Crippen LogP contribution is 2.14. The second-order valence-corrected chi connectivity index (χ2v) is 5.27. The van der Waals surface area contributed by atoms with Gasteiger partial charge in [-0.05, 0) is 25.5 Å². The Bertz CT molecular complexity index is 410. The van der Waals surface area contributed by atoms with Crippen LogP contribution in [-0.4, -0.2) is 28.3 Å². The zero-order chi connectivity index (χ0) is 14.1. The lowest BCUT2D eigenvalue weighted by molar-refractivity contribution is 0.0524. The van der Waals surface area contributed by atoms with E-state index in [4.69, 9.17) is 4.74 Å². The third kappa shape index (κ3) is 5.19. The van der Waals surface area contributed by atoms with Crippen molar-refractivity contribution in [1.82, 2.24) is 9.97 Å². The molecular formula is C14H22N2O2S. The van der Waals surface area contributed by atoms with Gasteiger partial charge in [-0.25, -0.2) is 14.8 Å². The van der Waals surface area contributed by atoms with Crippen molar-refractivity contribution in [3.63, 3.8) is 0 Å². The van der Waals surface area contributed by atoms with E-state index >= 15 is 0 Å². The van der Waals surface area contributed by atoms with E-state index in [1.165, 1.54) is 0 Å². The van der Waals surface area contributed by atoms with Crippen molar-refractivity contribution in [2.45, 2.75) is 45.8 Å². The van der Waals surface area contributed by atoms with E-state index in [1.54, 1.807) is 13.1 Å². The Kier molecular flexibility index (Phi) is 7.48. The van der Waals surface area contributed by atoms with Gasteiger partial charge < -0.3 is 4.74 Å². The van der Waals surface area contributed by atoms with Crippen LogP contribution in [-0.2, 0) is 16.9 Å². The SMILES string of the molecule is CCCSCc1ncc(C(=O)OCC)c(CCC)n1. The van der Waals surface area contributed by atoms with Crippen molar-refractivity contribution >= 4 is 17.7 Å². The molecule has 0 aliphatic carbocycles. The van der Waals surface area contributed by atoms with Crippen LogP contribution in [0.2, 0.25) is 0 Å². The van der Waals surface area contributed by atoms with Crippen LogP contribution in [0.1, 0.15) is 55.5 Å². The first-order valence-corrected chi connectivity index (χ1v) is 7.98. The van der Waals surface area contributed by atoms with Crippen LogP contribution in [0, 0.1) is 0 Å². The molecule has 106 valence electrons. The summed E-state index contributed by atoms with van der Waals surface area (Å²) in [6.07, 6.45) is 4.48. The summed E-state index contributed by atoms with van der Waals surface area (Å²) in [5, 5.41) is 0. The van der Waals surface area contributed by atoms with E-state index in [-0.39, 0.29) is 5.97 Å². The molecule has 0 radical (unpaired) electrons. The summed E-state index contributed by atoms with van der Waals surface area (Å²) >= 11 is 1.82. The summed E-state index contributed by atoms with van der Waals surface area (Å²) in [4.78, 5) is 20.6. The van der Waals surface area contributed by atoms with Crippen molar-refractivity contribution in [1.29, 1.82) is 0 Å². The Morgan fingerprint density at radius 3 is 2.74 bits per heavy atom. The molecule has 1 heterocycles. The summed E-state index contributed by atoms with van der Waals surface area (Å²) in [7, 11) is 0. The number of thioether (sulfide) groups is 1. The molecule has 0 N–H and O–H groups in total. The smallest absolute Gasteiger partial charge is 0.341 e. The minimum absolute atomic E-state index is 0.321. The topological polar surface area (TPSA) is 52.1 Å². The lowest BCUT2D eigenvalue weighted by Gasteiger charge is -2.08. The summed E-state index contributed by atoms with van der Waals surface area (Å²) < 4.78 is 5.03. The number of esters is 1. The Balaban J connectivity index is 2.84. The molecule has 0 saturated heterocycles. The predicted octanol–water partition coefficient (Wildman–Crippen LogP) is 3.25. The van der Waals surface area contributed by atoms with Crippen molar-refractivity contribution in [3.8, 4) is 0 Å². The lowest BCUT2D eigenvalue weighted by atomic mass is 10.1. The average Bonchev–Trinajstić information content (AvgIpc) is 2.40. The van der Waals surface area contributed by atoms with Gasteiger partial charge in [-0.2, -0.15) is 11.8 Å². The predicted molar refractivity (Wildman–Crippen MR) is 78.4 cm³/mol. The lowest BCUT2D eigenvalue weighted by Crippen LogP contribution is -2.12. The third-order valence-electron chi connectivity index (χ3n) is 2.48. The van der Waals surface area contributed by atoms with Crippen molar-refractivity contribution < 1.29 is 9.53 Å². The molecule has 0 aliphatic heterocycles. The van der Waals surface area contributed by atoms with Crippen LogP contribution in [0.25, 0.3) is 0 Å². The molecule has 0 unspecified atom stereocenters. The number of aromatic nitrogens is 2. The van der Waals surface area contributed by atoms with Crippen molar-refractivity contribution in [2.24, 2.45) is 0 Å². The largest absolute Gasteiger partial charge is 0.462 e. The molecule has 0 aromatic carbocycles. The molecule has 0 spiro atoms. The Hall–Kier alpha value is -1.10. The van der Waals surface area contributed by atoms with Crippen LogP contribution in [0.15, 0.2) is 6.20 Å². The maximum absolute atomic E-state index is 11.8. The second-order valence-electron chi connectivity index (χ2n) is 4.17. The van der Waals surface area contributed by atoms with Crippen LogP contribution < -0.4 is 0 Å². The number of ether oxygens (including phenoxy) is 1. The number of hydrogen-bond donors (Lipinski definition) is 0. The minimum atomic E-state index is -0.321. The molecule has 1 aromatic rings. The Labute approximate surface area is 119 Å².